The van der Waals surface area contributed by atoms with E-state index in [1.807, 2.05) is 12.4 Å². The van der Waals surface area contributed by atoms with Crippen molar-refractivity contribution in [3.8, 4) is 10.7 Å². The predicted octanol–water partition coefficient (Wildman–Crippen LogP) is 3.02. The lowest BCUT2D eigenvalue weighted by molar-refractivity contribution is 0.133. The zero-order valence-corrected chi connectivity index (χ0v) is 12.9. The van der Waals surface area contributed by atoms with E-state index >= 15 is 0 Å². The molecule has 2 rings (SSSR count). The standard InChI is InChI=1S/C15H23N3OS/c1-2-3-11-19-12-8-16-6-9-18-10-7-17-15(18)14-5-4-13-20-14/h4-5,7,10,13,16H,2-3,6,8-9,11-12H2,1H3. The number of ether oxygens (including phenoxy) is 1. The molecule has 20 heavy (non-hydrogen) atoms. The van der Waals surface area contributed by atoms with Gasteiger partial charge in [0.05, 0.1) is 11.5 Å². The Morgan fingerprint density at radius 2 is 2.30 bits per heavy atom. The summed E-state index contributed by atoms with van der Waals surface area (Å²) in [4.78, 5) is 5.65. The van der Waals surface area contributed by atoms with E-state index in [4.69, 9.17) is 4.74 Å². The summed E-state index contributed by atoms with van der Waals surface area (Å²) in [6.07, 6.45) is 6.25. The number of imidazole rings is 1. The molecular weight excluding hydrogens is 270 g/mol. The van der Waals surface area contributed by atoms with Gasteiger partial charge in [0.15, 0.2) is 0 Å². The smallest absolute Gasteiger partial charge is 0.150 e. The Morgan fingerprint density at radius 1 is 1.35 bits per heavy atom. The number of nitrogens with zero attached hydrogens (tertiary/aromatic N) is 2. The number of rotatable bonds is 10. The van der Waals surface area contributed by atoms with Gasteiger partial charge in [-0.1, -0.05) is 19.4 Å². The van der Waals surface area contributed by atoms with E-state index in [1.54, 1.807) is 11.3 Å². The zero-order valence-electron chi connectivity index (χ0n) is 12.0. The average Bonchev–Trinajstić information content (AvgIpc) is 3.11. The molecule has 0 atom stereocenters. The van der Waals surface area contributed by atoms with E-state index in [0.717, 1.165) is 45.1 Å². The van der Waals surface area contributed by atoms with E-state index in [1.165, 1.54) is 11.3 Å². The van der Waals surface area contributed by atoms with Crippen molar-refractivity contribution in [3.05, 3.63) is 29.9 Å². The molecule has 4 nitrogen and oxygen atoms in total. The molecule has 0 radical (unpaired) electrons. The van der Waals surface area contributed by atoms with Crippen LogP contribution in [0.15, 0.2) is 29.9 Å². The summed E-state index contributed by atoms with van der Waals surface area (Å²) in [5, 5.41) is 5.49. The fraction of sp³-hybridized carbons (Fsp3) is 0.533. The van der Waals surface area contributed by atoms with Gasteiger partial charge in [0.2, 0.25) is 0 Å². The van der Waals surface area contributed by atoms with Crippen LogP contribution in [0.3, 0.4) is 0 Å². The molecule has 0 amide bonds. The van der Waals surface area contributed by atoms with Crippen molar-refractivity contribution in [1.29, 1.82) is 0 Å². The average molecular weight is 293 g/mol. The fourth-order valence-corrected chi connectivity index (χ4v) is 2.67. The second kappa shape index (κ2) is 8.89. The number of hydrogen-bond acceptors (Lipinski definition) is 4. The molecule has 2 heterocycles. The van der Waals surface area contributed by atoms with Gasteiger partial charge < -0.3 is 14.6 Å². The summed E-state index contributed by atoms with van der Waals surface area (Å²) in [6, 6.07) is 4.17. The number of hydrogen-bond donors (Lipinski definition) is 1. The molecule has 1 N–H and O–H groups in total. The first kappa shape index (κ1) is 15.2. The molecule has 2 aromatic heterocycles. The maximum Gasteiger partial charge on any atom is 0.150 e. The minimum absolute atomic E-state index is 0.793. The topological polar surface area (TPSA) is 39.1 Å². The number of unbranched alkanes of at least 4 members (excludes halogenated alkanes) is 1. The lowest BCUT2D eigenvalue weighted by atomic mass is 10.4. The van der Waals surface area contributed by atoms with Gasteiger partial charge in [-0.2, -0.15) is 0 Å². The van der Waals surface area contributed by atoms with Crippen LogP contribution in [-0.4, -0.2) is 35.9 Å². The molecule has 0 aliphatic heterocycles. The summed E-state index contributed by atoms with van der Waals surface area (Å²) in [5.41, 5.74) is 0. The molecule has 0 saturated heterocycles. The first-order valence-electron chi connectivity index (χ1n) is 7.25. The highest BCUT2D eigenvalue weighted by atomic mass is 32.1. The van der Waals surface area contributed by atoms with Gasteiger partial charge in [-0.3, -0.25) is 0 Å². The summed E-state index contributed by atoms with van der Waals surface area (Å²) in [6.45, 7) is 6.63. The Balaban J connectivity index is 1.64. The van der Waals surface area contributed by atoms with Gasteiger partial charge in [-0.05, 0) is 17.9 Å². The summed E-state index contributed by atoms with van der Waals surface area (Å²) in [7, 11) is 0. The minimum Gasteiger partial charge on any atom is -0.380 e. The normalized spacial score (nSPS) is 11.1. The van der Waals surface area contributed by atoms with Crippen LogP contribution in [-0.2, 0) is 11.3 Å². The minimum atomic E-state index is 0.793. The first-order chi connectivity index (χ1) is 9.92. The van der Waals surface area contributed by atoms with Crippen LogP contribution in [0.1, 0.15) is 19.8 Å². The number of thiophene rings is 1. The molecule has 0 saturated carbocycles. The van der Waals surface area contributed by atoms with Crippen LogP contribution < -0.4 is 5.32 Å². The lowest BCUT2D eigenvalue weighted by Gasteiger charge is -2.08. The predicted molar refractivity (Wildman–Crippen MR) is 84.1 cm³/mol. The third-order valence-electron chi connectivity index (χ3n) is 3.05. The van der Waals surface area contributed by atoms with Gasteiger partial charge >= 0.3 is 0 Å². The Hall–Kier alpha value is -1.17. The van der Waals surface area contributed by atoms with Crippen LogP contribution >= 0.6 is 11.3 Å². The molecule has 0 fully saturated rings. The van der Waals surface area contributed by atoms with Gasteiger partial charge in [0.25, 0.3) is 0 Å². The van der Waals surface area contributed by atoms with Crippen LogP contribution in [0.2, 0.25) is 0 Å². The highest BCUT2D eigenvalue weighted by Crippen LogP contribution is 2.22. The van der Waals surface area contributed by atoms with Crippen molar-refractivity contribution in [2.45, 2.75) is 26.3 Å². The Kier molecular flexibility index (Phi) is 6.77. The van der Waals surface area contributed by atoms with Gasteiger partial charge in [-0.25, -0.2) is 4.98 Å². The second-order valence-corrected chi connectivity index (χ2v) is 5.59. The van der Waals surface area contributed by atoms with Gasteiger partial charge in [-0.15, -0.1) is 11.3 Å². The van der Waals surface area contributed by atoms with Crippen molar-refractivity contribution < 1.29 is 4.74 Å². The molecule has 0 aromatic carbocycles. The molecule has 0 aliphatic rings. The highest BCUT2D eigenvalue weighted by molar-refractivity contribution is 7.13. The molecule has 2 aromatic rings. The quantitative estimate of drug-likeness (QED) is 0.684. The summed E-state index contributed by atoms with van der Waals surface area (Å²) < 4.78 is 7.71. The number of aromatic nitrogens is 2. The number of nitrogens with one attached hydrogen (secondary N) is 1. The van der Waals surface area contributed by atoms with E-state index in [2.05, 4.69) is 39.3 Å². The molecule has 0 aliphatic carbocycles. The lowest BCUT2D eigenvalue weighted by Crippen LogP contribution is -2.24. The van der Waals surface area contributed by atoms with Crippen LogP contribution in [0.4, 0.5) is 0 Å². The van der Waals surface area contributed by atoms with Crippen molar-refractivity contribution in [2.75, 3.05) is 26.3 Å². The first-order valence-corrected chi connectivity index (χ1v) is 8.13. The molecule has 5 heteroatoms. The van der Waals surface area contributed by atoms with E-state index in [-0.39, 0.29) is 0 Å². The van der Waals surface area contributed by atoms with Crippen molar-refractivity contribution in [2.24, 2.45) is 0 Å². The monoisotopic (exact) mass is 293 g/mol. The van der Waals surface area contributed by atoms with Gasteiger partial charge in [0, 0.05) is 38.6 Å². The molecular formula is C15H23N3OS. The Labute approximate surface area is 124 Å². The molecule has 0 bridgehead atoms. The summed E-state index contributed by atoms with van der Waals surface area (Å²) in [5.74, 6) is 1.06. The van der Waals surface area contributed by atoms with Crippen LogP contribution in [0.5, 0.6) is 0 Å². The fourth-order valence-electron chi connectivity index (χ4n) is 1.94. The van der Waals surface area contributed by atoms with E-state index in [0.29, 0.717) is 0 Å². The highest BCUT2D eigenvalue weighted by Gasteiger charge is 2.05. The van der Waals surface area contributed by atoms with Crippen molar-refractivity contribution in [3.63, 3.8) is 0 Å². The van der Waals surface area contributed by atoms with E-state index in [9.17, 15) is 0 Å². The third kappa shape index (κ3) is 4.74. The maximum atomic E-state index is 5.51. The second-order valence-electron chi connectivity index (χ2n) is 4.64. The SMILES string of the molecule is CCCCOCCNCCn1ccnc1-c1cccs1. The van der Waals surface area contributed by atoms with Crippen molar-refractivity contribution in [1.82, 2.24) is 14.9 Å². The molecule has 110 valence electrons. The third-order valence-corrected chi connectivity index (χ3v) is 3.92. The van der Waals surface area contributed by atoms with E-state index < -0.39 is 0 Å². The Bertz CT molecular complexity index is 467. The maximum absolute atomic E-state index is 5.51. The summed E-state index contributed by atoms with van der Waals surface area (Å²) >= 11 is 1.73. The van der Waals surface area contributed by atoms with Crippen LogP contribution in [0, 0.1) is 0 Å². The molecule has 0 spiro atoms. The largest absolute Gasteiger partial charge is 0.380 e. The molecule has 0 unspecified atom stereocenters. The Morgan fingerprint density at radius 3 is 3.10 bits per heavy atom. The zero-order chi connectivity index (χ0) is 14.0. The van der Waals surface area contributed by atoms with Gasteiger partial charge in [0.1, 0.15) is 5.82 Å². The van der Waals surface area contributed by atoms with Crippen molar-refractivity contribution >= 4 is 11.3 Å². The van der Waals surface area contributed by atoms with Crippen LogP contribution in [0.25, 0.3) is 10.7 Å².